The van der Waals surface area contributed by atoms with Gasteiger partial charge in [-0.25, -0.2) is 0 Å². The molecule has 0 amide bonds. The first-order valence-corrected chi connectivity index (χ1v) is 15.3. The van der Waals surface area contributed by atoms with Gasteiger partial charge in [0.05, 0.1) is 31.3 Å². The Bertz CT molecular complexity index is 785. The molecule has 5 rings (SSSR count). The van der Waals surface area contributed by atoms with Crippen LogP contribution in [0.25, 0.3) is 0 Å². The van der Waals surface area contributed by atoms with Crippen molar-refractivity contribution < 1.29 is 24.5 Å². The van der Waals surface area contributed by atoms with E-state index < -0.39 is 0 Å². The summed E-state index contributed by atoms with van der Waals surface area (Å²) >= 11 is 0. The maximum absolute atomic E-state index is 11.6. The molecule has 206 valence electrons. The first kappa shape index (κ1) is 26.9. The number of aliphatic hydroxyl groups excluding tert-OH is 2. The molecule has 5 fully saturated rings. The van der Waals surface area contributed by atoms with E-state index in [1.165, 1.54) is 32.1 Å². The Morgan fingerprint density at radius 3 is 2.50 bits per heavy atom. The van der Waals surface area contributed by atoms with Crippen molar-refractivity contribution >= 4 is 5.97 Å². The summed E-state index contributed by atoms with van der Waals surface area (Å²) in [6, 6.07) is 0. The van der Waals surface area contributed by atoms with Crippen LogP contribution in [0.5, 0.6) is 0 Å². The third-order valence-electron chi connectivity index (χ3n) is 12.4. The van der Waals surface area contributed by atoms with Crippen LogP contribution < -0.4 is 0 Å². The zero-order valence-corrected chi connectivity index (χ0v) is 23.3. The average molecular weight is 505 g/mol. The van der Waals surface area contributed by atoms with E-state index in [1.807, 2.05) is 0 Å². The molecule has 0 aromatic carbocycles. The molecule has 1 heterocycles. The summed E-state index contributed by atoms with van der Waals surface area (Å²) in [6.45, 7) is 10.6. The molecule has 4 aliphatic carbocycles. The van der Waals surface area contributed by atoms with Crippen LogP contribution in [0.15, 0.2) is 0 Å². The molecule has 1 aliphatic heterocycles. The average Bonchev–Trinajstić information content (AvgIpc) is 3.20. The van der Waals surface area contributed by atoms with E-state index in [9.17, 15) is 15.0 Å². The van der Waals surface area contributed by atoms with Crippen LogP contribution in [-0.4, -0.2) is 47.7 Å². The molecule has 0 aromatic rings. The topological polar surface area (TPSA) is 76.0 Å². The van der Waals surface area contributed by atoms with Crippen molar-refractivity contribution in [2.45, 2.75) is 123 Å². The van der Waals surface area contributed by atoms with Gasteiger partial charge in [0, 0.05) is 13.0 Å². The molecular weight excluding hydrogens is 452 g/mol. The number of ether oxygens (including phenoxy) is 2. The summed E-state index contributed by atoms with van der Waals surface area (Å²) in [6.07, 6.45) is 13.0. The van der Waals surface area contributed by atoms with E-state index in [1.54, 1.807) is 0 Å². The lowest BCUT2D eigenvalue weighted by Gasteiger charge is -2.63. The number of carbonyl (C=O) groups is 1. The van der Waals surface area contributed by atoms with Crippen molar-refractivity contribution in [3.8, 4) is 0 Å². The molecule has 2 N–H and O–H groups in total. The quantitative estimate of drug-likeness (QED) is 0.432. The van der Waals surface area contributed by atoms with Gasteiger partial charge in [-0.1, -0.05) is 20.8 Å². The molecule has 4 saturated carbocycles. The van der Waals surface area contributed by atoms with Crippen molar-refractivity contribution in [3.63, 3.8) is 0 Å². The van der Waals surface area contributed by atoms with Crippen LogP contribution in [0.2, 0.25) is 0 Å². The fourth-order valence-corrected chi connectivity index (χ4v) is 10.4. The Kier molecular flexibility index (Phi) is 7.85. The van der Waals surface area contributed by atoms with Gasteiger partial charge >= 0.3 is 5.97 Å². The highest BCUT2D eigenvalue weighted by Gasteiger charge is 2.62. The van der Waals surface area contributed by atoms with Crippen LogP contribution in [0.3, 0.4) is 0 Å². The summed E-state index contributed by atoms with van der Waals surface area (Å²) in [5.74, 6) is 4.37. The lowest BCUT2D eigenvalue weighted by molar-refractivity contribution is -0.160. The minimum atomic E-state index is -0.136. The van der Waals surface area contributed by atoms with E-state index in [4.69, 9.17) is 9.47 Å². The fourth-order valence-electron chi connectivity index (χ4n) is 10.4. The molecule has 1 saturated heterocycles. The lowest BCUT2D eigenvalue weighted by atomic mass is 9.42. The third-order valence-corrected chi connectivity index (χ3v) is 12.4. The predicted octanol–water partition coefficient (Wildman–Crippen LogP) is 5.75. The van der Waals surface area contributed by atoms with Gasteiger partial charge in [-0.05, 0) is 123 Å². The maximum atomic E-state index is 11.6. The summed E-state index contributed by atoms with van der Waals surface area (Å²) in [5, 5.41) is 20.9. The molecule has 0 spiro atoms. The van der Waals surface area contributed by atoms with Gasteiger partial charge in [0.25, 0.3) is 0 Å². The van der Waals surface area contributed by atoms with Crippen LogP contribution in [0.4, 0.5) is 0 Å². The normalized spacial score (nSPS) is 48.3. The molecule has 5 nitrogen and oxygen atoms in total. The highest BCUT2D eigenvalue weighted by molar-refractivity contribution is 5.70. The number of cyclic esters (lactones) is 1. The van der Waals surface area contributed by atoms with E-state index in [0.29, 0.717) is 60.1 Å². The van der Waals surface area contributed by atoms with Crippen molar-refractivity contribution in [1.82, 2.24) is 0 Å². The SMILES string of the molecule is CC(CCC(C)C1CCC2C3C(CO)CC4CC(O)CCC4(C)C3CCC12C)OC1CCOC(=O)C1. The zero-order valence-electron chi connectivity index (χ0n) is 23.3. The van der Waals surface area contributed by atoms with Gasteiger partial charge in [0.1, 0.15) is 0 Å². The van der Waals surface area contributed by atoms with Crippen molar-refractivity contribution in [1.29, 1.82) is 0 Å². The minimum Gasteiger partial charge on any atom is -0.465 e. The number of hydrogen-bond acceptors (Lipinski definition) is 5. The zero-order chi connectivity index (χ0) is 25.7. The summed E-state index contributed by atoms with van der Waals surface area (Å²) in [5.41, 5.74) is 0.724. The van der Waals surface area contributed by atoms with Gasteiger partial charge in [-0.15, -0.1) is 0 Å². The highest BCUT2D eigenvalue weighted by Crippen LogP contribution is 2.69. The Hall–Kier alpha value is -0.650. The third kappa shape index (κ3) is 4.79. The van der Waals surface area contributed by atoms with Crippen molar-refractivity contribution in [2.24, 2.45) is 52.3 Å². The number of aliphatic hydroxyl groups is 2. The molecule has 36 heavy (non-hydrogen) atoms. The molecule has 12 unspecified atom stereocenters. The smallest absolute Gasteiger partial charge is 0.308 e. The standard InChI is InChI=1S/C31H52O5/c1-19(5-6-20(2)36-24-11-14-35-28(34)17-24)25-7-8-26-29-21(18-32)15-22-16-23(33)9-12-30(22,3)27(29)10-13-31(25,26)4/h19-27,29,32-33H,5-18H2,1-4H3. The highest BCUT2D eigenvalue weighted by atomic mass is 16.5. The largest absolute Gasteiger partial charge is 0.465 e. The first-order chi connectivity index (χ1) is 17.2. The second-order valence-electron chi connectivity index (χ2n) is 14.2. The second kappa shape index (κ2) is 10.5. The molecule has 12 atom stereocenters. The summed E-state index contributed by atoms with van der Waals surface area (Å²) < 4.78 is 11.3. The Labute approximate surface area is 219 Å². The first-order valence-electron chi connectivity index (χ1n) is 15.3. The summed E-state index contributed by atoms with van der Waals surface area (Å²) in [4.78, 5) is 11.6. The molecule has 5 aliphatic rings. The number of hydrogen-bond donors (Lipinski definition) is 2. The Morgan fingerprint density at radius 1 is 1.00 bits per heavy atom. The molecule has 0 bridgehead atoms. The summed E-state index contributed by atoms with van der Waals surface area (Å²) in [7, 11) is 0. The number of carbonyl (C=O) groups excluding carboxylic acids is 1. The van der Waals surface area contributed by atoms with Crippen LogP contribution >= 0.6 is 0 Å². The van der Waals surface area contributed by atoms with Gasteiger partial charge in [-0.2, -0.15) is 0 Å². The lowest BCUT2D eigenvalue weighted by Crippen LogP contribution is -2.57. The molecule has 0 radical (unpaired) electrons. The van der Waals surface area contributed by atoms with Gasteiger partial charge in [-0.3, -0.25) is 4.79 Å². The number of rotatable bonds is 7. The van der Waals surface area contributed by atoms with Gasteiger partial charge in [0.2, 0.25) is 0 Å². The molecular formula is C31H52O5. The van der Waals surface area contributed by atoms with E-state index >= 15 is 0 Å². The van der Waals surface area contributed by atoms with Crippen molar-refractivity contribution in [2.75, 3.05) is 13.2 Å². The van der Waals surface area contributed by atoms with Crippen LogP contribution in [0, 0.1) is 52.3 Å². The van der Waals surface area contributed by atoms with Crippen molar-refractivity contribution in [3.05, 3.63) is 0 Å². The fraction of sp³-hybridized carbons (Fsp3) is 0.968. The maximum Gasteiger partial charge on any atom is 0.308 e. The molecule has 0 aromatic heterocycles. The van der Waals surface area contributed by atoms with E-state index in [0.717, 1.165) is 50.4 Å². The number of esters is 1. The van der Waals surface area contributed by atoms with E-state index in [-0.39, 0.29) is 24.3 Å². The minimum absolute atomic E-state index is 0.0213. The second-order valence-corrected chi connectivity index (χ2v) is 14.2. The Balaban J connectivity index is 1.23. The van der Waals surface area contributed by atoms with Crippen LogP contribution in [-0.2, 0) is 14.3 Å². The van der Waals surface area contributed by atoms with Gasteiger partial charge in [0.15, 0.2) is 0 Å². The monoisotopic (exact) mass is 504 g/mol. The Morgan fingerprint density at radius 2 is 1.75 bits per heavy atom. The van der Waals surface area contributed by atoms with Gasteiger partial charge < -0.3 is 19.7 Å². The number of fused-ring (bicyclic) bond motifs is 5. The van der Waals surface area contributed by atoms with E-state index in [2.05, 4.69) is 27.7 Å². The van der Waals surface area contributed by atoms with Crippen LogP contribution in [0.1, 0.15) is 105 Å². The molecule has 5 heteroatoms. The predicted molar refractivity (Wildman–Crippen MR) is 140 cm³/mol.